The van der Waals surface area contributed by atoms with Crippen LogP contribution in [0.25, 0.3) is 0 Å². The van der Waals surface area contributed by atoms with Gasteiger partial charge in [0.05, 0.1) is 5.57 Å². The summed E-state index contributed by atoms with van der Waals surface area (Å²) >= 11 is 0. The number of hydrogen-bond acceptors (Lipinski definition) is 3. The first-order valence-corrected chi connectivity index (χ1v) is 7.06. The molecule has 0 heterocycles. The van der Waals surface area contributed by atoms with E-state index in [4.69, 9.17) is 0 Å². The largest absolute Gasteiger partial charge is 0.298 e. The van der Waals surface area contributed by atoms with Crippen molar-refractivity contribution in [2.24, 2.45) is 0 Å². The van der Waals surface area contributed by atoms with Gasteiger partial charge in [-0.25, -0.2) is 0 Å². The lowest BCUT2D eigenvalue weighted by atomic mass is 9.92. The van der Waals surface area contributed by atoms with Gasteiger partial charge in [0.15, 0.2) is 17.9 Å². The van der Waals surface area contributed by atoms with Crippen molar-refractivity contribution < 1.29 is 14.4 Å². The molecule has 0 spiro atoms. The molecule has 2 rings (SSSR count). The maximum Gasteiger partial charge on any atom is 0.196 e. The number of carbonyl (C=O) groups is 3. The molecule has 2 aromatic carbocycles. The molecule has 2 aromatic rings. The quantitative estimate of drug-likeness (QED) is 0.268. The number of aldehydes is 1. The summed E-state index contributed by atoms with van der Waals surface area (Å²) in [4.78, 5) is 36.4. The molecule has 0 saturated carbocycles. The molecule has 0 aromatic heterocycles. The van der Waals surface area contributed by atoms with E-state index in [1.54, 1.807) is 61.5 Å². The lowest BCUT2D eigenvalue weighted by Gasteiger charge is -2.08. The van der Waals surface area contributed by atoms with Crippen LogP contribution in [0.2, 0.25) is 0 Å². The number of benzene rings is 2. The molecule has 0 saturated heterocycles. The summed E-state index contributed by atoms with van der Waals surface area (Å²) in [5.74, 6) is -0.703. The second-order valence-electron chi connectivity index (χ2n) is 4.75. The lowest BCUT2D eigenvalue weighted by molar-refractivity contribution is -0.104. The zero-order valence-electron chi connectivity index (χ0n) is 12.3. The van der Waals surface area contributed by atoms with Crippen LogP contribution in [0.5, 0.6) is 0 Å². The molecule has 0 aliphatic heterocycles. The smallest absolute Gasteiger partial charge is 0.196 e. The summed E-state index contributed by atoms with van der Waals surface area (Å²) in [6.45, 7) is 1.76. The van der Waals surface area contributed by atoms with Crippen LogP contribution >= 0.6 is 0 Å². The van der Waals surface area contributed by atoms with Crippen molar-refractivity contribution in [2.45, 2.75) is 13.3 Å². The normalized spacial score (nSPS) is 11.5. The third kappa shape index (κ3) is 3.26. The highest BCUT2D eigenvalue weighted by atomic mass is 16.1. The molecule has 0 fully saturated rings. The molecular weight excluding hydrogens is 276 g/mol. The summed E-state index contributed by atoms with van der Waals surface area (Å²) in [5.41, 5.74) is 1.05. The molecule has 0 unspecified atom stereocenters. The van der Waals surface area contributed by atoms with Gasteiger partial charge in [-0.15, -0.1) is 0 Å². The van der Waals surface area contributed by atoms with E-state index in [0.29, 0.717) is 23.8 Å². The van der Waals surface area contributed by atoms with Crippen LogP contribution in [0.1, 0.15) is 34.1 Å². The second-order valence-corrected chi connectivity index (χ2v) is 4.75. The van der Waals surface area contributed by atoms with Crippen molar-refractivity contribution in [2.75, 3.05) is 0 Å². The minimum atomic E-state index is -0.420. The Morgan fingerprint density at radius 2 is 1.27 bits per heavy atom. The van der Waals surface area contributed by atoms with Gasteiger partial charge in [0, 0.05) is 16.7 Å². The van der Waals surface area contributed by atoms with Gasteiger partial charge in [-0.05, 0) is 6.42 Å². The van der Waals surface area contributed by atoms with Crippen LogP contribution in [0.4, 0.5) is 0 Å². The molecule has 0 aliphatic carbocycles. The van der Waals surface area contributed by atoms with E-state index < -0.39 is 5.78 Å². The maximum absolute atomic E-state index is 12.5. The van der Waals surface area contributed by atoms with E-state index >= 15 is 0 Å². The van der Waals surface area contributed by atoms with Gasteiger partial charge in [-0.2, -0.15) is 0 Å². The lowest BCUT2D eigenvalue weighted by Crippen LogP contribution is -2.13. The predicted octanol–water partition coefficient (Wildman–Crippen LogP) is 3.66. The molecule has 0 bridgehead atoms. The Labute approximate surface area is 129 Å². The summed E-state index contributed by atoms with van der Waals surface area (Å²) in [6.07, 6.45) is 0.801. The van der Waals surface area contributed by atoms with Crippen molar-refractivity contribution in [3.05, 3.63) is 82.9 Å². The Hall–Kier alpha value is -2.81. The fourth-order valence-corrected chi connectivity index (χ4v) is 2.24. The molecule has 3 nitrogen and oxygen atoms in total. The molecule has 0 radical (unpaired) electrons. The Kier molecular flexibility index (Phi) is 5.15. The van der Waals surface area contributed by atoms with Gasteiger partial charge in [-0.1, -0.05) is 67.6 Å². The Balaban J connectivity index is 2.48. The standard InChI is InChI=1S/C19H16O3/c1-2-16(18(21)14-9-5-3-6-10-14)17(13-20)19(22)15-11-7-4-8-12-15/h3-13H,2H2,1H3/b17-16+. The molecule has 3 heteroatoms. The van der Waals surface area contributed by atoms with Crippen LogP contribution in [-0.4, -0.2) is 17.9 Å². The fraction of sp³-hybridized carbons (Fsp3) is 0.105. The summed E-state index contributed by atoms with van der Waals surface area (Å²) in [5, 5.41) is 0. The third-order valence-electron chi connectivity index (χ3n) is 3.39. The first-order valence-electron chi connectivity index (χ1n) is 7.06. The summed E-state index contributed by atoms with van der Waals surface area (Å²) in [6, 6.07) is 17.2. The highest BCUT2D eigenvalue weighted by Crippen LogP contribution is 2.18. The molecule has 0 aliphatic rings. The monoisotopic (exact) mass is 292 g/mol. The number of hydrogen-bond donors (Lipinski definition) is 0. The fourth-order valence-electron chi connectivity index (χ4n) is 2.24. The molecule has 0 N–H and O–H groups in total. The van der Waals surface area contributed by atoms with Gasteiger partial charge in [0.1, 0.15) is 0 Å². The third-order valence-corrected chi connectivity index (χ3v) is 3.39. The number of allylic oxidation sites excluding steroid dienone is 2. The number of rotatable bonds is 6. The van der Waals surface area contributed by atoms with E-state index in [-0.39, 0.29) is 16.9 Å². The van der Waals surface area contributed by atoms with Crippen LogP contribution in [0.15, 0.2) is 71.8 Å². The topological polar surface area (TPSA) is 51.2 Å². The van der Waals surface area contributed by atoms with E-state index in [0.717, 1.165) is 0 Å². The van der Waals surface area contributed by atoms with Crippen LogP contribution < -0.4 is 0 Å². The second kappa shape index (κ2) is 7.27. The molecule has 0 atom stereocenters. The Bertz CT molecular complexity index is 713. The van der Waals surface area contributed by atoms with Crippen molar-refractivity contribution in [3.8, 4) is 0 Å². The molecule has 110 valence electrons. The van der Waals surface area contributed by atoms with Gasteiger partial charge >= 0.3 is 0 Å². The highest BCUT2D eigenvalue weighted by Gasteiger charge is 2.21. The first-order chi connectivity index (χ1) is 10.7. The maximum atomic E-state index is 12.5. The zero-order valence-corrected chi connectivity index (χ0v) is 12.3. The van der Waals surface area contributed by atoms with E-state index in [9.17, 15) is 14.4 Å². The molecule has 0 amide bonds. The Morgan fingerprint density at radius 3 is 1.68 bits per heavy atom. The number of carbonyl (C=O) groups excluding carboxylic acids is 3. The highest BCUT2D eigenvalue weighted by molar-refractivity contribution is 6.26. The summed E-state index contributed by atoms with van der Waals surface area (Å²) in [7, 11) is 0. The molecule has 22 heavy (non-hydrogen) atoms. The van der Waals surface area contributed by atoms with Gasteiger partial charge < -0.3 is 0 Å². The van der Waals surface area contributed by atoms with E-state index in [1.807, 2.05) is 6.07 Å². The van der Waals surface area contributed by atoms with E-state index in [1.165, 1.54) is 0 Å². The van der Waals surface area contributed by atoms with Gasteiger partial charge in [0.2, 0.25) is 0 Å². The average molecular weight is 292 g/mol. The first kappa shape index (κ1) is 15.6. The van der Waals surface area contributed by atoms with Crippen LogP contribution in [0.3, 0.4) is 0 Å². The predicted molar refractivity (Wildman–Crippen MR) is 84.9 cm³/mol. The number of ketones is 2. The minimum Gasteiger partial charge on any atom is -0.298 e. The van der Waals surface area contributed by atoms with Crippen molar-refractivity contribution in [1.29, 1.82) is 0 Å². The van der Waals surface area contributed by atoms with Crippen molar-refractivity contribution in [3.63, 3.8) is 0 Å². The Morgan fingerprint density at radius 1 is 0.818 bits per heavy atom. The van der Waals surface area contributed by atoms with E-state index in [2.05, 4.69) is 0 Å². The van der Waals surface area contributed by atoms with Crippen molar-refractivity contribution in [1.82, 2.24) is 0 Å². The van der Waals surface area contributed by atoms with Crippen LogP contribution in [-0.2, 0) is 4.79 Å². The number of Topliss-reactive ketones (excluding diaryl/α,β-unsaturated/α-hetero) is 2. The SMILES string of the molecule is CC/C(C(=O)c1ccccc1)=C(/C=O)C(=O)c1ccccc1. The minimum absolute atomic E-state index is 0.0671. The zero-order chi connectivity index (χ0) is 15.9. The summed E-state index contributed by atoms with van der Waals surface area (Å²) < 4.78 is 0. The van der Waals surface area contributed by atoms with Gasteiger partial charge in [0.25, 0.3) is 0 Å². The molecular formula is C19H16O3. The van der Waals surface area contributed by atoms with Gasteiger partial charge in [-0.3, -0.25) is 14.4 Å². The average Bonchev–Trinajstić information content (AvgIpc) is 2.60. The van der Waals surface area contributed by atoms with Crippen molar-refractivity contribution >= 4 is 17.9 Å². The van der Waals surface area contributed by atoms with Crippen LogP contribution in [0, 0.1) is 0 Å².